The molecule has 1 saturated carbocycles. The molecule has 33 heavy (non-hydrogen) atoms. The van der Waals surface area contributed by atoms with Crippen molar-refractivity contribution in [1.82, 2.24) is 14.7 Å². The second kappa shape index (κ2) is 9.69. The first-order valence-electron chi connectivity index (χ1n) is 11.7. The number of aliphatic hydroxyl groups is 2. The van der Waals surface area contributed by atoms with E-state index in [-0.39, 0.29) is 43.3 Å². The summed E-state index contributed by atoms with van der Waals surface area (Å²) in [6.45, 7) is 3.27. The Kier molecular flexibility index (Phi) is 6.90. The zero-order valence-electron chi connectivity index (χ0n) is 19.1. The summed E-state index contributed by atoms with van der Waals surface area (Å²) in [5.41, 5.74) is 0.879. The van der Waals surface area contributed by atoms with E-state index in [1.165, 1.54) is 9.80 Å². The fourth-order valence-electron chi connectivity index (χ4n) is 4.80. The number of benzene rings is 1. The van der Waals surface area contributed by atoms with Crippen LogP contribution in [0.3, 0.4) is 0 Å². The molecule has 3 aliphatic rings. The van der Waals surface area contributed by atoms with E-state index in [2.05, 4.69) is 0 Å². The smallest absolute Gasteiger partial charge is 0.410 e. The summed E-state index contributed by atoms with van der Waals surface area (Å²) in [5, 5.41) is 20.8. The highest BCUT2D eigenvalue weighted by Gasteiger charge is 2.51. The molecule has 0 unspecified atom stereocenters. The van der Waals surface area contributed by atoms with Crippen LogP contribution >= 0.6 is 0 Å². The molecular weight excluding hydrogens is 426 g/mol. The minimum absolute atomic E-state index is 0.0138. The maximum Gasteiger partial charge on any atom is 0.410 e. The van der Waals surface area contributed by atoms with Gasteiger partial charge in [0.05, 0.1) is 18.6 Å². The third kappa shape index (κ3) is 5.30. The molecule has 2 heterocycles. The predicted molar refractivity (Wildman–Crippen MR) is 119 cm³/mol. The molecule has 2 aliphatic heterocycles. The van der Waals surface area contributed by atoms with Crippen molar-refractivity contribution in [2.75, 3.05) is 32.7 Å². The lowest BCUT2D eigenvalue weighted by molar-refractivity contribution is -0.144. The number of β-amino-alcohol motifs (C(OH)–C–C–N with tert-alkyl or cyclic N) is 2. The van der Waals surface area contributed by atoms with Gasteiger partial charge in [-0.05, 0) is 37.2 Å². The molecule has 9 heteroatoms. The van der Waals surface area contributed by atoms with Gasteiger partial charge in [-0.2, -0.15) is 0 Å². The number of hydrogen-bond donors (Lipinski definition) is 2. The molecule has 1 aromatic rings. The Bertz CT molecular complexity index is 874. The van der Waals surface area contributed by atoms with Gasteiger partial charge in [-0.15, -0.1) is 0 Å². The number of carbonyl (C=O) groups excluding carboxylic acids is 3. The van der Waals surface area contributed by atoms with E-state index in [1.54, 1.807) is 11.8 Å². The SMILES string of the molecule is C[C@H]1C(=O)N(C[C@H](O)CC(=O)N2CCC3(CC3)[C@H](O)C2)CCN1C(=O)OCc1ccccc1. The van der Waals surface area contributed by atoms with E-state index < -0.39 is 24.3 Å². The second-order valence-electron chi connectivity index (χ2n) is 9.52. The van der Waals surface area contributed by atoms with Gasteiger partial charge >= 0.3 is 6.09 Å². The summed E-state index contributed by atoms with van der Waals surface area (Å²) in [4.78, 5) is 42.3. The molecule has 0 aromatic heterocycles. The average molecular weight is 460 g/mol. The fraction of sp³-hybridized carbons (Fsp3) is 0.625. The Hall–Kier alpha value is -2.65. The number of piperidine rings is 1. The number of aliphatic hydroxyl groups excluding tert-OH is 2. The Morgan fingerprint density at radius 2 is 1.88 bits per heavy atom. The summed E-state index contributed by atoms with van der Waals surface area (Å²) in [5.74, 6) is -0.492. The quantitative estimate of drug-likeness (QED) is 0.656. The third-order valence-corrected chi connectivity index (χ3v) is 7.25. The lowest BCUT2D eigenvalue weighted by Gasteiger charge is -2.39. The van der Waals surface area contributed by atoms with Crippen LogP contribution in [-0.2, 0) is 20.9 Å². The third-order valence-electron chi connectivity index (χ3n) is 7.25. The van der Waals surface area contributed by atoms with Gasteiger partial charge in [0.1, 0.15) is 12.6 Å². The number of likely N-dealkylation sites (tertiary alicyclic amines) is 1. The van der Waals surface area contributed by atoms with E-state index >= 15 is 0 Å². The molecule has 0 bridgehead atoms. The molecule has 1 aromatic carbocycles. The molecule has 3 fully saturated rings. The Morgan fingerprint density at radius 3 is 2.55 bits per heavy atom. The maximum atomic E-state index is 12.8. The standard InChI is InChI=1S/C24H33N3O6/c1-17-22(31)26(11-12-27(17)23(32)33-16-18-5-3-2-4-6-18)14-19(28)13-21(30)25-10-9-24(7-8-24)20(29)15-25/h2-6,17,19-20,28-29H,7-16H2,1H3/t17-,19+,20+/m0/s1. The van der Waals surface area contributed by atoms with Crippen LogP contribution < -0.4 is 0 Å². The molecule has 0 radical (unpaired) electrons. The second-order valence-corrected chi connectivity index (χ2v) is 9.52. The molecule has 1 aliphatic carbocycles. The summed E-state index contributed by atoms with van der Waals surface area (Å²) in [6, 6.07) is 8.61. The number of carbonyl (C=O) groups is 3. The Balaban J connectivity index is 1.22. The van der Waals surface area contributed by atoms with E-state index in [1.807, 2.05) is 30.3 Å². The minimum atomic E-state index is -1.00. The lowest BCUT2D eigenvalue weighted by Crippen LogP contribution is -2.59. The summed E-state index contributed by atoms with van der Waals surface area (Å²) in [7, 11) is 0. The monoisotopic (exact) mass is 459 g/mol. The largest absolute Gasteiger partial charge is 0.445 e. The van der Waals surface area contributed by atoms with Gasteiger partial charge in [-0.3, -0.25) is 14.5 Å². The average Bonchev–Trinajstić information content (AvgIpc) is 3.58. The van der Waals surface area contributed by atoms with E-state index in [9.17, 15) is 24.6 Å². The van der Waals surface area contributed by atoms with Crippen LogP contribution in [0.25, 0.3) is 0 Å². The van der Waals surface area contributed by atoms with Crippen LogP contribution in [0.15, 0.2) is 30.3 Å². The number of nitrogens with zero attached hydrogens (tertiary/aromatic N) is 3. The van der Waals surface area contributed by atoms with Crippen molar-refractivity contribution in [3.8, 4) is 0 Å². The van der Waals surface area contributed by atoms with Gasteiger partial charge in [0.25, 0.3) is 0 Å². The van der Waals surface area contributed by atoms with E-state index in [4.69, 9.17) is 4.74 Å². The van der Waals surface area contributed by atoms with Gasteiger partial charge in [0.2, 0.25) is 11.8 Å². The number of piperazine rings is 1. The van der Waals surface area contributed by atoms with Crippen molar-refractivity contribution in [2.24, 2.45) is 5.41 Å². The fourth-order valence-corrected chi connectivity index (χ4v) is 4.80. The molecule has 2 saturated heterocycles. The van der Waals surface area contributed by atoms with Gasteiger partial charge in [-0.1, -0.05) is 30.3 Å². The minimum Gasteiger partial charge on any atom is -0.445 e. The van der Waals surface area contributed by atoms with Gasteiger partial charge in [0.15, 0.2) is 0 Å². The van der Waals surface area contributed by atoms with Gasteiger partial charge in [-0.25, -0.2) is 4.79 Å². The van der Waals surface area contributed by atoms with Crippen LogP contribution in [0.2, 0.25) is 0 Å². The molecule has 180 valence electrons. The first-order chi connectivity index (χ1) is 15.8. The van der Waals surface area contributed by atoms with Crippen molar-refractivity contribution in [3.05, 3.63) is 35.9 Å². The molecular formula is C24H33N3O6. The van der Waals surface area contributed by atoms with Crippen molar-refractivity contribution in [2.45, 2.75) is 57.5 Å². The first-order valence-corrected chi connectivity index (χ1v) is 11.7. The van der Waals surface area contributed by atoms with Crippen molar-refractivity contribution >= 4 is 17.9 Å². The van der Waals surface area contributed by atoms with Crippen molar-refractivity contribution < 1.29 is 29.3 Å². The van der Waals surface area contributed by atoms with E-state index in [0.29, 0.717) is 19.6 Å². The van der Waals surface area contributed by atoms with E-state index in [0.717, 1.165) is 24.8 Å². The van der Waals surface area contributed by atoms with Crippen LogP contribution in [0.4, 0.5) is 4.79 Å². The van der Waals surface area contributed by atoms with Crippen LogP contribution in [-0.4, -0.2) is 93.8 Å². The normalized spacial score (nSPS) is 25.2. The molecule has 1 spiro atoms. The number of ether oxygens (including phenoxy) is 1. The highest BCUT2D eigenvalue weighted by Crippen LogP contribution is 2.53. The molecule has 2 N–H and O–H groups in total. The predicted octanol–water partition coefficient (Wildman–Crippen LogP) is 0.980. The highest BCUT2D eigenvalue weighted by molar-refractivity contribution is 5.86. The first kappa shape index (κ1) is 23.5. The van der Waals surface area contributed by atoms with Crippen LogP contribution in [0, 0.1) is 5.41 Å². The Morgan fingerprint density at radius 1 is 1.15 bits per heavy atom. The topological polar surface area (TPSA) is 111 Å². The number of rotatable bonds is 6. The molecule has 3 amide bonds. The Labute approximate surface area is 193 Å². The molecule has 3 atom stereocenters. The van der Waals surface area contributed by atoms with Crippen molar-refractivity contribution in [1.29, 1.82) is 0 Å². The van der Waals surface area contributed by atoms with Crippen LogP contribution in [0.1, 0.15) is 38.2 Å². The number of amides is 3. The van der Waals surface area contributed by atoms with Gasteiger partial charge < -0.3 is 24.7 Å². The maximum absolute atomic E-state index is 12.8. The number of hydrogen-bond acceptors (Lipinski definition) is 6. The summed E-state index contributed by atoms with van der Waals surface area (Å²) in [6.07, 6.45) is 0.695. The summed E-state index contributed by atoms with van der Waals surface area (Å²) < 4.78 is 5.35. The van der Waals surface area contributed by atoms with Crippen molar-refractivity contribution in [3.63, 3.8) is 0 Å². The van der Waals surface area contributed by atoms with Gasteiger partial charge in [0, 0.05) is 32.7 Å². The van der Waals surface area contributed by atoms with Crippen LogP contribution in [0.5, 0.6) is 0 Å². The summed E-state index contributed by atoms with van der Waals surface area (Å²) >= 11 is 0. The molecule has 4 rings (SSSR count). The lowest BCUT2D eigenvalue weighted by atomic mass is 9.90. The molecule has 9 nitrogen and oxygen atoms in total. The highest BCUT2D eigenvalue weighted by atomic mass is 16.6. The zero-order chi connectivity index (χ0) is 23.6. The zero-order valence-corrected chi connectivity index (χ0v) is 19.1.